The third-order valence-electron chi connectivity index (χ3n) is 4.30. The largest absolute Gasteiger partial charge is 0.382 e. The molecule has 2 heterocycles. The number of nitrogens with one attached hydrogen (secondary N) is 1. The van der Waals surface area contributed by atoms with Gasteiger partial charge in [-0.1, -0.05) is 12.1 Å². The fourth-order valence-electron chi connectivity index (χ4n) is 3.10. The molecule has 4 heteroatoms. The summed E-state index contributed by atoms with van der Waals surface area (Å²) in [5.74, 6) is 0.729. The predicted octanol–water partition coefficient (Wildman–Crippen LogP) is 3.95. The second-order valence-corrected chi connectivity index (χ2v) is 6.91. The molecule has 1 aromatic carbocycles. The minimum atomic E-state index is 0.499. The van der Waals surface area contributed by atoms with Crippen molar-refractivity contribution >= 4 is 17.0 Å². The molecular formula is C17H23N3S. The fraction of sp³-hybridized carbons (Fsp3) is 0.471. The summed E-state index contributed by atoms with van der Waals surface area (Å²) in [6.07, 6.45) is 4.50. The Morgan fingerprint density at radius 2 is 2.33 bits per heavy atom. The van der Waals surface area contributed by atoms with Crippen LogP contribution in [0.1, 0.15) is 19.8 Å². The molecule has 1 fully saturated rings. The molecule has 0 bridgehead atoms. The second-order valence-electron chi connectivity index (χ2n) is 6.02. The number of hydrogen-bond acceptors (Lipinski definition) is 4. The van der Waals surface area contributed by atoms with Crippen molar-refractivity contribution in [3.8, 4) is 10.6 Å². The minimum Gasteiger partial charge on any atom is -0.382 e. The van der Waals surface area contributed by atoms with Gasteiger partial charge in [-0.3, -0.25) is 0 Å². The maximum atomic E-state index is 4.39. The van der Waals surface area contributed by atoms with Crippen LogP contribution < -0.4 is 5.32 Å². The third-order valence-corrected chi connectivity index (χ3v) is 5.13. The molecule has 3 rings (SSSR count). The predicted molar refractivity (Wildman–Crippen MR) is 90.9 cm³/mol. The molecule has 112 valence electrons. The number of thiazole rings is 1. The summed E-state index contributed by atoms with van der Waals surface area (Å²) in [7, 11) is 2.22. The molecular weight excluding hydrogens is 278 g/mol. The van der Waals surface area contributed by atoms with Crippen LogP contribution >= 0.6 is 11.3 Å². The van der Waals surface area contributed by atoms with Crippen LogP contribution in [0.15, 0.2) is 35.8 Å². The Balaban J connectivity index is 1.68. The van der Waals surface area contributed by atoms with Crippen LogP contribution in [-0.2, 0) is 0 Å². The van der Waals surface area contributed by atoms with E-state index in [-0.39, 0.29) is 0 Å². The molecule has 1 N–H and O–H groups in total. The Bertz CT molecular complexity index is 567. The van der Waals surface area contributed by atoms with Crippen molar-refractivity contribution in [3.63, 3.8) is 0 Å². The van der Waals surface area contributed by atoms with Gasteiger partial charge in [0.05, 0.1) is 0 Å². The Hall–Kier alpha value is -1.39. The topological polar surface area (TPSA) is 28.2 Å². The van der Waals surface area contributed by atoms with Crippen LogP contribution in [0, 0.1) is 5.92 Å². The molecule has 0 radical (unpaired) electrons. The quantitative estimate of drug-likeness (QED) is 0.926. The summed E-state index contributed by atoms with van der Waals surface area (Å²) in [6.45, 7) is 4.74. The Kier molecular flexibility index (Phi) is 4.56. The number of hydrogen-bond donors (Lipinski definition) is 1. The van der Waals surface area contributed by atoms with Gasteiger partial charge in [0, 0.05) is 35.4 Å². The van der Waals surface area contributed by atoms with Gasteiger partial charge in [-0.05, 0) is 51.4 Å². The number of benzene rings is 1. The van der Waals surface area contributed by atoms with Gasteiger partial charge in [-0.15, -0.1) is 11.3 Å². The zero-order valence-corrected chi connectivity index (χ0v) is 13.6. The molecule has 1 aliphatic rings. The highest BCUT2D eigenvalue weighted by Crippen LogP contribution is 2.26. The molecule has 0 amide bonds. The number of piperidine rings is 1. The Morgan fingerprint density at radius 3 is 3.10 bits per heavy atom. The third kappa shape index (κ3) is 3.63. The molecule has 0 spiro atoms. The van der Waals surface area contributed by atoms with Gasteiger partial charge in [0.2, 0.25) is 0 Å². The SMILES string of the molecule is CC(Nc1cccc(-c2nccs2)c1)C1CCCN(C)C1. The number of nitrogens with zero attached hydrogens (tertiary/aromatic N) is 2. The van der Waals surface area contributed by atoms with Gasteiger partial charge >= 0.3 is 0 Å². The van der Waals surface area contributed by atoms with E-state index in [1.165, 1.54) is 37.2 Å². The van der Waals surface area contributed by atoms with Crippen LogP contribution in [0.25, 0.3) is 10.6 Å². The number of rotatable bonds is 4. The van der Waals surface area contributed by atoms with E-state index in [1.807, 2.05) is 11.6 Å². The molecule has 2 unspecified atom stereocenters. The standard InChI is InChI=1S/C17H23N3S/c1-13(15-6-4-9-20(2)12-15)19-16-7-3-5-14(11-16)17-18-8-10-21-17/h3,5,7-8,10-11,13,15,19H,4,6,9,12H2,1-2H3. The maximum absolute atomic E-state index is 4.39. The van der Waals surface area contributed by atoms with Crippen LogP contribution in [0.5, 0.6) is 0 Å². The molecule has 21 heavy (non-hydrogen) atoms. The van der Waals surface area contributed by atoms with Crippen LogP contribution in [0.3, 0.4) is 0 Å². The summed E-state index contributed by atoms with van der Waals surface area (Å²) in [5, 5.41) is 6.80. The van der Waals surface area contributed by atoms with Crippen molar-refractivity contribution in [1.82, 2.24) is 9.88 Å². The van der Waals surface area contributed by atoms with Gasteiger partial charge in [0.15, 0.2) is 0 Å². The van der Waals surface area contributed by atoms with Gasteiger partial charge in [-0.2, -0.15) is 0 Å². The van der Waals surface area contributed by atoms with Crippen molar-refractivity contribution in [1.29, 1.82) is 0 Å². The summed E-state index contributed by atoms with van der Waals surface area (Å²) >= 11 is 1.69. The molecule has 2 aromatic rings. The number of aromatic nitrogens is 1. The van der Waals surface area contributed by atoms with E-state index in [0.29, 0.717) is 6.04 Å². The molecule has 3 nitrogen and oxygen atoms in total. The van der Waals surface area contributed by atoms with Crippen LogP contribution in [-0.4, -0.2) is 36.1 Å². The summed E-state index contributed by atoms with van der Waals surface area (Å²) in [6, 6.07) is 9.10. The Labute approximate surface area is 131 Å². The summed E-state index contributed by atoms with van der Waals surface area (Å²) in [5.41, 5.74) is 2.39. The van der Waals surface area contributed by atoms with E-state index in [0.717, 1.165) is 10.9 Å². The average Bonchev–Trinajstić information content (AvgIpc) is 3.02. The average molecular weight is 301 g/mol. The molecule has 1 aliphatic heterocycles. The lowest BCUT2D eigenvalue weighted by atomic mass is 9.91. The molecule has 2 atom stereocenters. The van der Waals surface area contributed by atoms with Gasteiger partial charge < -0.3 is 10.2 Å². The molecule has 0 saturated carbocycles. The fourth-order valence-corrected chi connectivity index (χ4v) is 3.74. The highest BCUT2D eigenvalue weighted by Gasteiger charge is 2.22. The van der Waals surface area contributed by atoms with E-state index in [2.05, 4.69) is 53.4 Å². The van der Waals surface area contributed by atoms with Crippen molar-refractivity contribution in [3.05, 3.63) is 35.8 Å². The molecule has 1 aromatic heterocycles. The van der Waals surface area contributed by atoms with Crippen molar-refractivity contribution in [2.24, 2.45) is 5.92 Å². The zero-order valence-electron chi connectivity index (χ0n) is 12.7. The molecule has 1 saturated heterocycles. The maximum Gasteiger partial charge on any atom is 0.123 e. The highest BCUT2D eigenvalue weighted by atomic mass is 32.1. The van der Waals surface area contributed by atoms with E-state index in [9.17, 15) is 0 Å². The first-order valence-corrected chi connectivity index (χ1v) is 8.55. The first-order chi connectivity index (χ1) is 10.2. The summed E-state index contributed by atoms with van der Waals surface area (Å²) in [4.78, 5) is 6.83. The van der Waals surface area contributed by atoms with Crippen molar-refractivity contribution < 1.29 is 0 Å². The zero-order chi connectivity index (χ0) is 14.7. The first-order valence-electron chi connectivity index (χ1n) is 7.67. The Morgan fingerprint density at radius 1 is 1.43 bits per heavy atom. The normalized spacial score (nSPS) is 21.1. The smallest absolute Gasteiger partial charge is 0.123 e. The van der Waals surface area contributed by atoms with E-state index >= 15 is 0 Å². The van der Waals surface area contributed by atoms with E-state index < -0.39 is 0 Å². The van der Waals surface area contributed by atoms with Crippen molar-refractivity contribution in [2.45, 2.75) is 25.8 Å². The number of likely N-dealkylation sites (tertiary alicyclic amines) is 1. The lowest BCUT2D eigenvalue weighted by molar-refractivity contribution is 0.197. The van der Waals surface area contributed by atoms with Crippen LogP contribution in [0.2, 0.25) is 0 Å². The van der Waals surface area contributed by atoms with Crippen LogP contribution in [0.4, 0.5) is 5.69 Å². The number of anilines is 1. The first kappa shape index (κ1) is 14.5. The summed E-state index contributed by atoms with van der Waals surface area (Å²) < 4.78 is 0. The lowest BCUT2D eigenvalue weighted by Crippen LogP contribution is -2.39. The molecule has 0 aliphatic carbocycles. The van der Waals surface area contributed by atoms with E-state index in [4.69, 9.17) is 0 Å². The highest BCUT2D eigenvalue weighted by molar-refractivity contribution is 7.13. The lowest BCUT2D eigenvalue weighted by Gasteiger charge is -2.34. The van der Waals surface area contributed by atoms with Gasteiger partial charge in [0.25, 0.3) is 0 Å². The monoisotopic (exact) mass is 301 g/mol. The van der Waals surface area contributed by atoms with Gasteiger partial charge in [-0.25, -0.2) is 4.98 Å². The van der Waals surface area contributed by atoms with E-state index in [1.54, 1.807) is 11.3 Å². The minimum absolute atomic E-state index is 0.499. The van der Waals surface area contributed by atoms with Crippen molar-refractivity contribution in [2.75, 3.05) is 25.5 Å². The second kappa shape index (κ2) is 6.58. The van der Waals surface area contributed by atoms with Gasteiger partial charge in [0.1, 0.15) is 5.01 Å².